The summed E-state index contributed by atoms with van der Waals surface area (Å²) in [6.07, 6.45) is 8.57. The van der Waals surface area contributed by atoms with Crippen molar-refractivity contribution in [1.82, 2.24) is 9.97 Å². The van der Waals surface area contributed by atoms with Gasteiger partial charge in [0.05, 0.1) is 5.52 Å². The first-order valence-electron chi connectivity index (χ1n) is 5.77. The van der Waals surface area contributed by atoms with E-state index in [0.717, 1.165) is 10.8 Å². The predicted octanol–water partition coefficient (Wildman–Crippen LogP) is 4.12. The second-order valence-electron chi connectivity index (χ2n) is 4.23. The molecule has 0 aliphatic heterocycles. The van der Waals surface area contributed by atoms with Crippen molar-refractivity contribution in [2.45, 2.75) is 42.4 Å². The van der Waals surface area contributed by atoms with Gasteiger partial charge in [-0.25, -0.2) is 9.97 Å². The number of fused-ring (bicyclic) bond motifs is 1. The normalized spacial score (nSPS) is 18.0. The highest BCUT2D eigenvalue weighted by molar-refractivity contribution is 8.00. The molecule has 0 amide bonds. The van der Waals surface area contributed by atoms with Gasteiger partial charge in [0.2, 0.25) is 0 Å². The van der Waals surface area contributed by atoms with Crippen LogP contribution < -0.4 is 0 Å². The highest BCUT2D eigenvalue weighted by atomic mass is 32.2. The molecule has 0 spiro atoms. The topological polar surface area (TPSA) is 25.8 Å². The number of hydrogen-bond donors (Lipinski definition) is 0. The SMILES string of the molecule is c1nc(SC2CCCCC2)c2cscc2n1. The largest absolute Gasteiger partial charge is 0.235 e. The Bertz CT molecular complexity index is 475. The minimum atomic E-state index is 0.770. The van der Waals surface area contributed by atoms with Crippen molar-refractivity contribution in [3.63, 3.8) is 0 Å². The van der Waals surface area contributed by atoms with Crippen molar-refractivity contribution in [3.8, 4) is 0 Å². The average molecular weight is 250 g/mol. The second-order valence-corrected chi connectivity index (χ2v) is 6.26. The number of thiophene rings is 1. The Labute approximate surface area is 103 Å². The van der Waals surface area contributed by atoms with Crippen molar-refractivity contribution in [2.24, 2.45) is 0 Å². The molecule has 1 saturated carbocycles. The Morgan fingerprint density at radius 2 is 2.00 bits per heavy atom. The molecule has 0 radical (unpaired) electrons. The fourth-order valence-electron chi connectivity index (χ4n) is 2.20. The van der Waals surface area contributed by atoms with Crippen molar-refractivity contribution in [1.29, 1.82) is 0 Å². The number of nitrogens with zero attached hydrogens (tertiary/aromatic N) is 2. The smallest absolute Gasteiger partial charge is 0.117 e. The third-order valence-corrected chi connectivity index (χ3v) is 5.16. The van der Waals surface area contributed by atoms with E-state index in [1.54, 1.807) is 17.7 Å². The van der Waals surface area contributed by atoms with Crippen molar-refractivity contribution in [3.05, 3.63) is 17.1 Å². The molecule has 0 saturated heterocycles. The lowest BCUT2D eigenvalue weighted by molar-refractivity contribution is 0.516. The number of hydrogen-bond acceptors (Lipinski definition) is 4. The van der Waals surface area contributed by atoms with Gasteiger partial charge in [0, 0.05) is 21.4 Å². The van der Waals surface area contributed by atoms with E-state index in [2.05, 4.69) is 20.7 Å². The molecular formula is C12H14N2S2. The summed E-state index contributed by atoms with van der Waals surface area (Å²) in [7, 11) is 0. The number of thioether (sulfide) groups is 1. The van der Waals surface area contributed by atoms with Gasteiger partial charge in [-0.2, -0.15) is 0 Å². The van der Waals surface area contributed by atoms with Crippen molar-refractivity contribution >= 4 is 34.0 Å². The summed E-state index contributed by atoms with van der Waals surface area (Å²) in [5.41, 5.74) is 1.10. The maximum atomic E-state index is 4.43. The van der Waals surface area contributed by atoms with Crippen LogP contribution in [0, 0.1) is 0 Å². The molecule has 2 aromatic heterocycles. The fraction of sp³-hybridized carbons (Fsp3) is 0.500. The first kappa shape index (κ1) is 10.5. The molecule has 84 valence electrons. The van der Waals surface area contributed by atoms with Gasteiger partial charge < -0.3 is 0 Å². The van der Waals surface area contributed by atoms with Crippen molar-refractivity contribution in [2.75, 3.05) is 0 Å². The van der Waals surface area contributed by atoms with Gasteiger partial charge in [-0.05, 0) is 12.8 Å². The lowest BCUT2D eigenvalue weighted by Gasteiger charge is -2.20. The van der Waals surface area contributed by atoms with Gasteiger partial charge in [-0.1, -0.05) is 19.3 Å². The van der Waals surface area contributed by atoms with Crippen LogP contribution in [-0.4, -0.2) is 15.2 Å². The lowest BCUT2D eigenvalue weighted by Crippen LogP contribution is -2.08. The first-order chi connectivity index (χ1) is 7.93. The van der Waals surface area contributed by atoms with E-state index in [4.69, 9.17) is 0 Å². The molecule has 3 rings (SSSR count). The summed E-state index contributed by atoms with van der Waals surface area (Å²) < 4.78 is 0. The molecule has 2 nitrogen and oxygen atoms in total. The van der Waals surface area contributed by atoms with Crippen LogP contribution in [-0.2, 0) is 0 Å². The molecule has 1 fully saturated rings. The molecule has 0 N–H and O–H groups in total. The first-order valence-corrected chi connectivity index (χ1v) is 7.59. The Morgan fingerprint density at radius 1 is 1.12 bits per heavy atom. The molecule has 0 aromatic carbocycles. The predicted molar refractivity (Wildman–Crippen MR) is 70.1 cm³/mol. The molecule has 2 heterocycles. The van der Waals surface area contributed by atoms with Crippen LogP contribution in [0.25, 0.3) is 10.9 Å². The van der Waals surface area contributed by atoms with Crippen LogP contribution in [0.1, 0.15) is 32.1 Å². The molecule has 0 bridgehead atoms. The van der Waals surface area contributed by atoms with Crippen LogP contribution in [0.3, 0.4) is 0 Å². The molecular weight excluding hydrogens is 236 g/mol. The molecule has 1 aliphatic carbocycles. The van der Waals surface area contributed by atoms with Gasteiger partial charge >= 0.3 is 0 Å². The molecule has 1 aliphatic rings. The zero-order valence-corrected chi connectivity index (χ0v) is 10.7. The third-order valence-electron chi connectivity index (χ3n) is 3.07. The molecule has 0 atom stereocenters. The molecule has 2 aromatic rings. The Morgan fingerprint density at radius 3 is 2.88 bits per heavy atom. The highest BCUT2D eigenvalue weighted by Gasteiger charge is 2.16. The monoisotopic (exact) mass is 250 g/mol. The third kappa shape index (κ3) is 2.09. The van der Waals surface area contributed by atoms with E-state index in [0.29, 0.717) is 0 Å². The summed E-state index contributed by atoms with van der Waals surface area (Å²) in [5, 5.41) is 7.45. The van der Waals surface area contributed by atoms with Crippen LogP contribution in [0.5, 0.6) is 0 Å². The molecule has 16 heavy (non-hydrogen) atoms. The van der Waals surface area contributed by atoms with E-state index in [-0.39, 0.29) is 0 Å². The minimum absolute atomic E-state index is 0.770. The van der Waals surface area contributed by atoms with E-state index < -0.39 is 0 Å². The van der Waals surface area contributed by atoms with Crippen LogP contribution in [0.2, 0.25) is 0 Å². The van der Waals surface area contributed by atoms with Gasteiger partial charge in [-0.15, -0.1) is 23.1 Å². The van der Waals surface area contributed by atoms with Crippen LogP contribution in [0.15, 0.2) is 22.1 Å². The summed E-state index contributed by atoms with van der Waals surface area (Å²) >= 11 is 3.67. The average Bonchev–Trinajstić information content (AvgIpc) is 2.80. The van der Waals surface area contributed by atoms with Gasteiger partial charge in [0.15, 0.2) is 0 Å². The second kappa shape index (κ2) is 4.72. The van der Waals surface area contributed by atoms with Gasteiger partial charge in [0.25, 0.3) is 0 Å². The van der Waals surface area contributed by atoms with Gasteiger partial charge in [0.1, 0.15) is 11.4 Å². The standard InChI is InChI=1S/C12H14N2S2/c1-2-4-9(5-3-1)16-12-10-6-15-7-11(10)13-8-14-12/h6-9H,1-5H2. The zero-order valence-electron chi connectivity index (χ0n) is 9.06. The molecule has 4 heteroatoms. The summed E-state index contributed by atoms with van der Waals surface area (Å²) in [6, 6.07) is 0. The fourth-order valence-corrected chi connectivity index (χ4v) is 4.31. The number of aromatic nitrogens is 2. The highest BCUT2D eigenvalue weighted by Crippen LogP contribution is 2.36. The Kier molecular flexibility index (Phi) is 3.11. The Balaban J connectivity index is 1.85. The van der Waals surface area contributed by atoms with Gasteiger partial charge in [-0.3, -0.25) is 0 Å². The zero-order chi connectivity index (χ0) is 10.8. The summed E-state index contributed by atoms with van der Waals surface area (Å²) in [6.45, 7) is 0. The van der Waals surface area contributed by atoms with E-state index in [9.17, 15) is 0 Å². The summed E-state index contributed by atoms with van der Waals surface area (Å²) in [4.78, 5) is 8.71. The lowest BCUT2D eigenvalue weighted by atomic mass is 10.0. The van der Waals surface area contributed by atoms with Crippen LogP contribution >= 0.6 is 23.1 Å². The van der Waals surface area contributed by atoms with E-state index in [1.807, 2.05) is 11.8 Å². The van der Waals surface area contributed by atoms with Crippen molar-refractivity contribution < 1.29 is 0 Å². The maximum Gasteiger partial charge on any atom is 0.117 e. The minimum Gasteiger partial charge on any atom is -0.235 e. The number of rotatable bonds is 2. The molecule has 0 unspecified atom stereocenters. The quantitative estimate of drug-likeness (QED) is 0.750. The van der Waals surface area contributed by atoms with E-state index >= 15 is 0 Å². The Hall–Kier alpha value is -0.610. The van der Waals surface area contributed by atoms with E-state index in [1.165, 1.54) is 42.5 Å². The van der Waals surface area contributed by atoms with Crippen LogP contribution in [0.4, 0.5) is 0 Å². The maximum absolute atomic E-state index is 4.43. The summed E-state index contributed by atoms with van der Waals surface area (Å²) in [5.74, 6) is 0.